The summed E-state index contributed by atoms with van der Waals surface area (Å²) in [4.78, 5) is 28.3. The van der Waals surface area contributed by atoms with E-state index < -0.39 is 0 Å². The van der Waals surface area contributed by atoms with Gasteiger partial charge in [0.2, 0.25) is 0 Å². The van der Waals surface area contributed by atoms with Crippen molar-refractivity contribution in [3.8, 4) is 0 Å². The fourth-order valence-electron chi connectivity index (χ4n) is 1.95. The molecule has 0 aliphatic carbocycles. The molecule has 7 heteroatoms. The Morgan fingerprint density at radius 1 is 1.22 bits per heavy atom. The van der Waals surface area contributed by atoms with Gasteiger partial charge in [-0.1, -0.05) is 13.8 Å². The lowest BCUT2D eigenvalue weighted by Crippen LogP contribution is -2.37. The Balaban J connectivity index is 2.95. The van der Waals surface area contributed by atoms with Gasteiger partial charge in [-0.05, 0) is 21.8 Å². The van der Waals surface area contributed by atoms with E-state index in [2.05, 4.69) is 34.8 Å². The smallest absolute Gasteiger partial charge is 0.312 e. The van der Waals surface area contributed by atoms with E-state index in [1.165, 1.54) is 11.6 Å². The minimum atomic E-state index is -0.366. The predicted molar refractivity (Wildman–Crippen MR) is 72.8 cm³/mol. The highest BCUT2D eigenvalue weighted by atomic mass is 79.9. The van der Waals surface area contributed by atoms with Crippen molar-refractivity contribution in [3.05, 3.63) is 25.6 Å². The van der Waals surface area contributed by atoms with E-state index in [9.17, 15) is 9.59 Å². The van der Waals surface area contributed by atoms with E-state index in [0.29, 0.717) is 28.4 Å². The van der Waals surface area contributed by atoms with Crippen LogP contribution in [0, 0.1) is 5.92 Å². The van der Waals surface area contributed by atoms with Gasteiger partial charge in [0, 0.05) is 20.6 Å². The Morgan fingerprint density at radius 2 is 1.83 bits per heavy atom. The number of aryl methyl sites for hydroxylation is 1. The summed E-state index contributed by atoms with van der Waals surface area (Å²) in [5.41, 5.74) is 0.192. The van der Waals surface area contributed by atoms with Crippen LogP contribution in [0.3, 0.4) is 0 Å². The van der Waals surface area contributed by atoms with E-state index in [1.807, 2.05) is 4.57 Å². The van der Waals surface area contributed by atoms with Crippen molar-refractivity contribution in [2.24, 2.45) is 20.0 Å². The molecule has 0 saturated carbocycles. The summed E-state index contributed by atoms with van der Waals surface area (Å²) in [6.07, 6.45) is 0. The summed E-state index contributed by atoms with van der Waals surface area (Å²) in [6, 6.07) is 0. The van der Waals surface area contributed by atoms with E-state index >= 15 is 0 Å². The summed E-state index contributed by atoms with van der Waals surface area (Å²) >= 11 is 3.34. The van der Waals surface area contributed by atoms with Crippen LogP contribution in [0.5, 0.6) is 0 Å². The molecule has 0 aliphatic heterocycles. The molecule has 2 aromatic rings. The molecule has 0 amide bonds. The van der Waals surface area contributed by atoms with Gasteiger partial charge >= 0.3 is 5.69 Å². The summed E-state index contributed by atoms with van der Waals surface area (Å²) < 4.78 is 4.87. The van der Waals surface area contributed by atoms with Crippen LogP contribution in [0.15, 0.2) is 14.3 Å². The molecule has 98 valence electrons. The molecule has 0 spiro atoms. The van der Waals surface area contributed by atoms with Gasteiger partial charge in [0.1, 0.15) is 0 Å². The Kier molecular flexibility index (Phi) is 3.18. The molecule has 2 aromatic heterocycles. The molecule has 0 N–H and O–H groups in total. The van der Waals surface area contributed by atoms with E-state index in [1.54, 1.807) is 7.05 Å². The van der Waals surface area contributed by atoms with Crippen molar-refractivity contribution in [1.29, 1.82) is 0 Å². The van der Waals surface area contributed by atoms with Crippen LogP contribution in [0.25, 0.3) is 11.2 Å². The first kappa shape index (κ1) is 13.1. The Bertz CT molecular complexity index is 723. The highest BCUT2D eigenvalue weighted by Crippen LogP contribution is 2.17. The first-order valence-corrected chi connectivity index (χ1v) is 6.45. The Hall–Kier alpha value is -1.37. The Labute approximate surface area is 112 Å². The van der Waals surface area contributed by atoms with Gasteiger partial charge in [-0.3, -0.25) is 13.9 Å². The average molecular weight is 315 g/mol. The lowest BCUT2D eigenvalue weighted by Gasteiger charge is -2.09. The van der Waals surface area contributed by atoms with Crippen molar-refractivity contribution in [2.45, 2.75) is 20.4 Å². The highest BCUT2D eigenvalue weighted by Gasteiger charge is 2.17. The van der Waals surface area contributed by atoms with Crippen molar-refractivity contribution in [3.63, 3.8) is 0 Å². The van der Waals surface area contributed by atoms with Gasteiger partial charge in [-0.25, -0.2) is 9.78 Å². The van der Waals surface area contributed by atoms with Gasteiger partial charge in [0.05, 0.1) is 0 Å². The summed E-state index contributed by atoms with van der Waals surface area (Å²) in [5.74, 6) is 0.376. The third-order valence-corrected chi connectivity index (χ3v) is 3.45. The first-order valence-electron chi connectivity index (χ1n) is 5.66. The van der Waals surface area contributed by atoms with Gasteiger partial charge in [-0.15, -0.1) is 0 Å². The average Bonchev–Trinajstić information content (AvgIpc) is 2.61. The second-order valence-corrected chi connectivity index (χ2v) is 5.47. The molecule has 0 fully saturated rings. The second kappa shape index (κ2) is 4.38. The zero-order valence-corrected chi connectivity index (χ0v) is 12.4. The predicted octanol–water partition coefficient (Wildman–Crippen LogP) is 0.852. The van der Waals surface area contributed by atoms with Crippen LogP contribution < -0.4 is 11.2 Å². The largest absolute Gasteiger partial charge is 0.332 e. The van der Waals surface area contributed by atoms with Gasteiger partial charge in [-0.2, -0.15) is 0 Å². The maximum atomic E-state index is 12.2. The fraction of sp³-hybridized carbons (Fsp3) is 0.545. The molecule has 0 unspecified atom stereocenters. The molecular weight excluding hydrogens is 300 g/mol. The van der Waals surface area contributed by atoms with E-state index in [0.717, 1.165) is 4.57 Å². The first-order chi connectivity index (χ1) is 8.34. The number of fused-ring (bicyclic) bond motifs is 1. The zero-order chi connectivity index (χ0) is 13.6. The molecule has 0 bridgehead atoms. The SMILES string of the molecule is CC(C)Cn1c(Br)nc2c1c(=O)n(C)c(=O)n2C. The van der Waals surface area contributed by atoms with Crippen LogP contribution >= 0.6 is 15.9 Å². The summed E-state index contributed by atoms with van der Waals surface area (Å²) in [7, 11) is 3.09. The topological polar surface area (TPSA) is 61.8 Å². The number of imidazole rings is 1. The molecule has 2 heterocycles. The highest BCUT2D eigenvalue weighted by molar-refractivity contribution is 9.10. The van der Waals surface area contributed by atoms with Crippen LogP contribution in [-0.4, -0.2) is 18.7 Å². The lowest BCUT2D eigenvalue weighted by atomic mass is 10.2. The number of nitrogens with zero attached hydrogens (tertiary/aromatic N) is 4. The third kappa shape index (κ3) is 1.82. The molecule has 18 heavy (non-hydrogen) atoms. The number of aromatic nitrogens is 4. The van der Waals surface area contributed by atoms with Crippen molar-refractivity contribution in [1.82, 2.24) is 18.7 Å². The molecule has 0 aromatic carbocycles. The van der Waals surface area contributed by atoms with Crippen molar-refractivity contribution >= 4 is 27.1 Å². The number of halogens is 1. The lowest BCUT2D eigenvalue weighted by molar-refractivity contribution is 0.524. The molecular formula is C11H15BrN4O2. The molecule has 2 rings (SSSR count). The van der Waals surface area contributed by atoms with E-state index in [-0.39, 0.29) is 11.2 Å². The zero-order valence-electron chi connectivity index (χ0n) is 10.8. The number of hydrogen-bond donors (Lipinski definition) is 0. The van der Waals surface area contributed by atoms with Crippen LogP contribution in [0.2, 0.25) is 0 Å². The normalized spacial score (nSPS) is 11.7. The maximum absolute atomic E-state index is 12.2. The second-order valence-electron chi connectivity index (χ2n) is 4.76. The Morgan fingerprint density at radius 3 is 2.39 bits per heavy atom. The molecule has 0 atom stereocenters. The standard InChI is InChI=1S/C11H15BrN4O2/c1-6(2)5-16-7-8(13-10(16)12)14(3)11(18)15(4)9(7)17/h6H,5H2,1-4H3. The minimum absolute atomic E-state index is 0.313. The van der Waals surface area contributed by atoms with Crippen molar-refractivity contribution in [2.75, 3.05) is 0 Å². The summed E-state index contributed by atoms with van der Waals surface area (Å²) in [5, 5.41) is 0. The summed E-state index contributed by atoms with van der Waals surface area (Å²) in [6.45, 7) is 4.79. The molecule has 6 nitrogen and oxygen atoms in total. The molecule has 0 aliphatic rings. The number of hydrogen-bond acceptors (Lipinski definition) is 3. The molecule has 0 radical (unpaired) electrons. The van der Waals surface area contributed by atoms with Gasteiger partial charge in [0.25, 0.3) is 5.56 Å². The molecule has 0 saturated heterocycles. The monoisotopic (exact) mass is 314 g/mol. The van der Waals surface area contributed by atoms with Gasteiger partial charge in [0.15, 0.2) is 15.9 Å². The minimum Gasteiger partial charge on any atom is -0.312 e. The quantitative estimate of drug-likeness (QED) is 0.772. The fourth-order valence-corrected chi connectivity index (χ4v) is 2.44. The van der Waals surface area contributed by atoms with Crippen LogP contribution in [-0.2, 0) is 20.6 Å². The third-order valence-electron chi connectivity index (χ3n) is 2.85. The van der Waals surface area contributed by atoms with Crippen molar-refractivity contribution < 1.29 is 0 Å². The van der Waals surface area contributed by atoms with E-state index in [4.69, 9.17) is 0 Å². The maximum Gasteiger partial charge on any atom is 0.332 e. The van der Waals surface area contributed by atoms with Crippen LogP contribution in [0.4, 0.5) is 0 Å². The van der Waals surface area contributed by atoms with Gasteiger partial charge < -0.3 is 4.57 Å². The number of rotatable bonds is 2. The van der Waals surface area contributed by atoms with Crippen LogP contribution in [0.1, 0.15) is 13.8 Å².